The maximum atomic E-state index is 11.9. The number of pyridine rings is 1. The highest BCUT2D eigenvalue weighted by atomic mass is 28.3. The van der Waals surface area contributed by atoms with Crippen molar-refractivity contribution in [3.63, 3.8) is 0 Å². The number of hydrogen-bond acceptors (Lipinski definition) is 6. The molecule has 0 radical (unpaired) electrons. The fourth-order valence-electron chi connectivity index (χ4n) is 4.20. The number of carbonyl (C=O) groups excluding carboxylic acids is 1. The van der Waals surface area contributed by atoms with Gasteiger partial charge in [0.05, 0.1) is 11.9 Å². The molecule has 3 aromatic rings. The van der Waals surface area contributed by atoms with Gasteiger partial charge in [0, 0.05) is 58.7 Å². The lowest BCUT2D eigenvalue weighted by Gasteiger charge is -2.25. The summed E-state index contributed by atoms with van der Waals surface area (Å²) in [5.41, 5.74) is 3.33. The van der Waals surface area contributed by atoms with E-state index in [-0.39, 0.29) is 11.9 Å². The summed E-state index contributed by atoms with van der Waals surface area (Å²) in [6.45, 7) is 11.5. The number of aromatic nitrogens is 4. The summed E-state index contributed by atoms with van der Waals surface area (Å²) in [6, 6.07) is 7.21. The van der Waals surface area contributed by atoms with Gasteiger partial charge in [-0.3, -0.25) is 4.79 Å². The number of nitrogens with zero attached hydrogens (tertiary/aromatic N) is 5. The number of carbonyl (C=O) groups is 1. The fraction of sp³-hybridized carbons (Fsp3) is 0.520. The summed E-state index contributed by atoms with van der Waals surface area (Å²) < 4.78 is 7.90. The van der Waals surface area contributed by atoms with Gasteiger partial charge in [-0.25, -0.2) is 15.0 Å². The molecule has 1 saturated heterocycles. The van der Waals surface area contributed by atoms with Gasteiger partial charge < -0.3 is 19.5 Å². The van der Waals surface area contributed by atoms with Crippen molar-refractivity contribution in [3.05, 3.63) is 36.8 Å². The molecular weight excluding hydrogens is 444 g/mol. The minimum Gasteiger partial charge on any atom is -0.365 e. The van der Waals surface area contributed by atoms with Crippen LogP contribution in [0.15, 0.2) is 36.8 Å². The van der Waals surface area contributed by atoms with Crippen molar-refractivity contribution in [3.8, 4) is 11.3 Å². The number of hydrogen-bond donors (Lipinski definition) is 1. The fourth-order valence-corrected chi connectivity index (χ4v) is 4.96. The lowest BCUT2D eigenvalue weighted by Crippen LogP contribution is -2.38. The first kappa shape index (κ1) is 24.3. The van der Waals surface area contributed by atoms with Crippen molar-refractivity contribution in [2.24, 2.45) is 0 Å². The van der Waals surface area contributed by atoms with Crippen molar-refractivity contribution >= 4 is 31.0 Å². The monoisotopic (exact) mass is 480 g/mol. The Morgan fingerprint density at radius 3 is 2.88 bits per heavy atom. The van der Waals surface area contributed by atoms with Gasteiger partial charge in [-0.05, 0) is 43.5 Å². The molecule has 1 unspecified atom stereocenters. The van der Waals surface area contributed by atoms with Crippen molar-refractivity contribution < 1.29 is 9.53 Å². The Morgan fingerprint density at radius 1 is 1.24 bits per heavy atom. The quantitative estimate of drug-likeness (QED) is 0.374. The van der Waals surface area contributed by atoms with E-state index in [9.17, 15) is 4.79 Å². The topological polar surface area (TPSA) is 85.2 Å². The highest BCUT2D eigenvalue weighted by molar-refractivity contribution is 6.76. The Hall–Kier alpha value is -2.78. The molecule has 1 amide bonds. The molecule has 1 aliphatic heterocycles. The number of rotatable bonds is 8. The first-order valence-corrected chi connectivity index (χ1v) is 15.9. The van der Waals surface area contributed by atoms with E-state index in [4.69, 9.17) is 14.7 Å². The van der Waals surface area contributed by atoms with Gasteiger partial charge in [-0.1, -0.05) is 19.6 Å². The predicted molar refractivity (Wildman–Crippen MR) is 138 cm³/mol. The van der Waals surface area contributed by atoms with E-state index < -0.39 is 8.07 Å². The van der Waals surface area contributed by atoms with Gasteiger partial charge >= 0.3 is 0 Å². The molecule has 3 aromatic heterocycles. The average molecular weight is 481 g/mol. The minimum atomic E-state index is -1.11. The van der Waals surface area contributed by atoms with E-state index in [1.54, 1.807) is 19.3 Å². The van der Waals surface area contributed by atoms with Gasteiger partial charge in [0.15, 0.2) is 5.65 Å². The van der Waals surface area contributed by atoms with Crippen LogP contribution in [0.3, 0.4) is 0 Å². The number of anilines is 1. The zero-order valence-corrected chi connectivity index (χ0v) is 21.8. The van der Waals surface area contributed by atoms with Crippen LogP contribution >= 0.6 is 0 Å². The summed E-state index contributed by atoms with van der Waals surface area (Å²) in [5, 5.41) is 3.58. The van der Waals surface area contributed by atoms with Crippen molar-refractivity contribution in [1.82, 2.24) is 24.4 Å². The molecular formula is C25H36N6O2Si. The molecule has 1 N–H and O–H groups in total. The molecule has 4 heterocycles. The van der Waals surface area contributed by atoms with Crippen LogP contribution in [0.4, 0.5) is 5.82 Å². The van der Waals surface area contributed by atoms with Crippen molar-refractivity contribution in [2.45, 2.75) is 64.6 Å². The van der Waals surface area contributed by atoms with E-state index in [1.807, 2.05) is 33.9 Å². The molecule has 0 saturated carbocycles. The molecule has 8 nitrogen and oxygen atoms in total. The number of ether oxygens (including phenoxy) is 1. The van der Waals surface area contributed by atoms with E-state index in [1.165, 1.54) is 0 Å². The lowest BCUT2D eigenvalue weighted by atomic mass is 10.1. The molecule has 182 valence electrons. The molecule has 0 aromatic carbocycles. The van der Waals surface area contributed by atoms with Crippen LogP contribution in [0.25, 0.3) is 22.4 Å². The maximum absolute atomic E-state index is 11.9. The van der Waals surface area contributed by atoms with E-state index >= 15 is 0 Å². The first-order valence-electron chi connectivity index (χ1n) is 12.2. The van der Waals surface area contributed by atoms with E-state index in [0.29, 0.717) is 13.3 Å². The van der Waals surface area contributed by atoms with Gasteiger partial charge in [-0.2, -0.15) is 0 Å². The van der Waals surface area contributed by atoms with Crippen LogP contribution in [-0.2, 0) is 16.3 Å². The molecule has 9 heteroatoms. The highest BCUT2D eigenvalue weighted by Gasteiger charge is 2.21. The normalized spacial score (nSPS) is 17.1. The standard InChI is InChI=1S/C25H36N6O2Si/c1-19(32)30-12-6-5-8-20(17-30)28-24-21(9-7-11-26-24)23-16-27-25-22(29-23)10-13-31(25)18-33-14-15-34(2,3)4/h7,9-11,13,16,20H,5-6,8,12,14-15,17-18H2,1-4H3,(H,26,28). The summed E-state index contributed by atoms with van der Waals surface area (Å²) >= 11 is 0. The number of fused-ring (bicyclic) bond motifs is 1. The third-order valence-electron chi connectivity index (χ3n) is 6.23. The Balaban J connectivity index is 1.49. The molecule has 0 bridgehead atoms. The third kappa shape index (κ3) is 6.21. The molecule has 1 atom stereocenters. The molecule has 0 aliphatic carbocycles. The van der Waals surface area contributed by atoms with Crippen molar-refractivity contribution in [2.75, 3.05) is 25.0 Å². The minimum absolute atomic E-state index is 0.125. The molecule has 0 spiro atoms. The van der Waals surface area contributed by atoms with Gasteiger partial charge in [0.2, 0.25) is 5.91 Å². The number of nitrogens with one attached hydrogen (secondary N) is 1. The van der Waals surface area contributed by atoms with Crippen LogP contribution in [0.5, 0.6) is 0 Å². The second kappa shape index (κ2) is 10.6. The van der Waals surface area contributed by atoms with Gasteiger partial charge in [0.1, 0.15) is 18.1 Å². The van der Waals surface area contributed by atoms with Crippen LogP contribution in [0.2, 0.25) is 25.7 Å². The first-order chi connectivity index (χ1) is 16.3. The number of amides is 1. The Kier molecular flexibility index (Phi) is 7.62. The van der Waals surface area contributed by atoms with Crippen LogP contribution in [0, 0.1) is 0 Å². The van der Waals surface area contributed by atoms with E-state index in [2.05, 4.69) is 29.9 Å². The molecule has 1 fully saturated rings. The van der Waals surface area contributed by atoms with Crippen LogP contribution in [-0.4, -0.2) is 64.1 Å². The van der Waals surface area contributed by atoms with Gasteiger partial charge in [0.25, 0.3) is 0 Å². The largest absolute Gasteiger partial charge is 0.365 e. The molecule has 4 rings (SSSR count). The number of likely N-dealkylation sites (tertiary alicyclic amines) is 1. The summed E-state index contributed by atoms with van der Waals surface area (Å²) in [6.07, 6.45) is 8.69. The van der Waals surface area contributed by atoms with E-state index in [0.717, 1.165) is 66.7 Å². The zero-order valence-electron chi connectivity index (χ0n) is 20.8. The smallest absolute Gasteiger partial charge is 0.219 e. The maximum Gasteiger partial charge on any atom is 0.219 e. The van der Waals surface area contributed by atoms with Crippen LogP contribution < -0.4 is 5.32 Å². The third-order valence-corrected chi connectivity index (χ3v) is 7.94. The SMILES string of the molecule is CC(=O)N1CCCCC(Nc2ncccc2-c2cnc3c(ccn3COCC[Si](C)(C)C)n2)C1. The summed E-state index contributed by atoms with van der Waals surface area (Å²) in [5.74, 6) is 0.904. The highest BCUT2D eigenvalue weighted by Crippen LogP contribution is 2.27. The Morgan fingerprint density at radius 2 is 2.09 bits per heavy atom. The van der Waals surface area contributed by atoms with Gasteiger partial charge in [-0.15, -0.1) is 0 Å². The Labute approximate surface area is 202 Å². The van der Waals surface area contributed by atoms with Crippen molar-refractivity contribution in [1.29, 1.82) is 0 Å². The second-order valence-corrected chi connectivity index (χ2v) is 15.9. The lowest BCUT2D eigenvalue weighted by molar-refractivity contribution is -0.128. The average Bonchev–Trinajstić information content (AvgIpc) is 3.04. The summed E-state index contributed by atoms with van der Waals surface area (Å²) in [4.78, 5) is 28.0. The molecule has 1 aliphatic rings. The zero-order chi connectivity index (χ0) is 24.1. The predicted octanol–water partition coefficient (Wildman–Crippen LogP) is 4.62. The Bertz CT molecular complexity index is 1130. The molecule has 34 heavy (non-hydrogen) atoms. The summed E-state index contributed by atoms with van der Waals surface area (Å²) in [7, 11) is -1.11. The second-order valence-electron chi connectivity index (χ2n) is 10.3. The van der Waals surface area contributed by atoms with Crippen LogP contribution in [0.1, 0.15) is 26.2 Å².